The van der Waals surface area contributed by atoms with Crippen LogP contribution in [-0.2, 0) is 0 Å². The molecular weight excluding hydrogens is 248 g/mol. The lowest BCUT2D eigenvalue weighted by atomic mass is 10.1. The van der Waals surface area contributed by atoms with Gasteiger partial charge in [-0.25, -0.2) is 0 Å². The predicted molar refractivity (Wildman–Crippen MR) is 71.1 cm³/mol. The molecule has 0 heterocycles. The van der Waals surface area contributed by atoms with Crippen molar-refractivity contribution in [2.24, 2.45) is 0 Å². The Morgan fingerprint density at radius 2 is 2.11 bits per heavy atom. The zero-order valence-electron chi connectivity index (χ0n) is 11.3. The van der Waals surface area contributed by atoms with Gasteiger partial charge in [0.25, 0.3) is 11.6 Å². The summed E-state index contributed by atoms with van der Waals surface area (Å²) in [7, 11) is 0. The fraction of sp³-hybridized carbons (Fsp3) is 0.462. The van der Waals surface area contributed by atoms with Crippen LogP contribution in [-0.4, -0.2) is 40.0 Å². The second kappa shape index (κ2) is 6.29. The van der Waals surface area contributed by atoms with Gasteiger partial charge < -0.3 is 10.0 Å². The van der Waals surface area contributed by atoms with Crippen molar-refractivity contribution in [3.05, 3.63) is 39.4 Å². The van der Waals surface area contributed by atoms with Crippen molar-refractivity contribution in [2.75, 3.05) is 13.2 Å². The topological polar surface area (TPSA) is 83.7 Å². The molecule has 0 fully saturated rings. The normalized spacial score (nSPS) is 10.6. The van der Waals surface area contributed by atoms with E-state index in [1.807, 2.05) is 0 Å². The summed E-state index contributed by atoms with van der Waals surface area (Å²) in [6, 6.07) is 4.52. The summed E-state index contributed by atoms with van der Waals surface area (Å²) in [5.74, 6) is -0.431. The van der Waals surface area contributed by atoms with Gasteiger partial charge in [0.1, 0.15) is 5.56 Å². The van der Waals surface area contributed by atoms with Crippen molar-refractivity contribution in [3.8, 4) is 0 Å². The summed E-state index contributed by atoms with van der Waals surface area (Å²) in [5, 5.41) is 20.1. The maximum atomic E-state index is 12.4. The molecule has 0 radical (unpaired) electrons. The third kappa shape index (κ3) is 3.29. The largest absolute Gasteiger partial charge is 0.395 e. The second-order valence-corrected chi connectivity index (χ2v) is 4.54. The monoisotopic (exact) mass is 266 g/mol. The molecule has 0 saturated carbocycles. The molecule has 1 aromatic carbocycles. The standard InChI is InChI=1S/C13H18N2O4/c1-9(2)14(7-8-16)13(17)11-6-4-5-10(3)12(11)15(18)19/h4-6,9,16H,7-8H2,1-3H3. The molecule has 0 aliphatic carbocycles. The van der Waals surface area contributed by atoms with E-state index in [4.69, 9.17) is 5.11 Å². The lowest BCUT2D eigenvalue weighted by molar-refractivity contribution is -0.385. The molecule has 0 unspecified atom stereocenters. The van der Waals surface area contributed by atoms with Crippen molar-refractivity contribution < 1.29 is 14.8 Å². The van der Waals surface area contributed by atoms with Crippen molar-refractivity contribution in [1.82, 2.24) is 4.90 Å². The molecule has 6 nitrogen and oxygen atoms in total. The molecule has 0 aliphatic heterocycles. The zero-order valence-corrected chi connectivity index (χ0v) is 11.3. The molecule has 0 aliphatic rings. The molecule has 1 aromatic rings. The van der Waals surface area contributed by atoms with Gasteiger partial charge in [0.2, 0.25) is 0 Å². The van der Waals surface area contributed by atoms with Gasteiger partial charge in [-0.3, -0.25) is 14.9 Å². The Bertz CT molecular complexity index is 486. The minimum Gasteiger partial charge on any atom is -0.395 e. The zero-order chi connectivity index (χ0) is 14.6. The minimum absolute atomic E-state index is 0.0622. The number of amides is 1. The number of carbonyl (C=O) groups is 1. The first-order valence-electron chi connectivity index (χ1n) is 6.06. The number of benzene rings is 1. The lowest BCUT2D eigenvalue weighted by Gasteiger charge is -2.26. The van der Waals surface area contributed by atoms with Gasteiger partial charge >= 0.3 is 0 Å². The fourth-order valence-corrected chi connectivity index (χ4v) is 1.93. The Labute approximate surface area is 111 Å². The van der Waals surface area contributed by atoms with E-state index < -0.39 is 10.8 Å². The third-order valence-electron chi connectivity index (χ3n) is 2.88. The molecule has 0 atom stereocenters. The van der Waals surface area contributed by atoms with E-state index in [1.165, 1.54) is 11.0 Å². The highest BCUT2D eigenvalue weighted by molar-refractivity contribution is 5.98. The highest BCUT2D eigenvalue weighted by Crippen LogP contribution is 2.24. The highest BCUT2D eigenvalue weighted by Gasteiger charge is 2.27. The van der Waals surface area contributed by atoms with Crippen LogP contribution in [0.1, 0.15) is 29.8 Å². The number of para-hydroxylation sites is 1. The van der Waals surface area contributed by atoms with E-state index in [0.717, 1.165) is 0 Å². The predicted octanol–water partition coefficient (Wildman–Crippen LogP) is 1.75. The molecule has 1 N–H and O–H groups in total. The summed E-state index contributed by atoms with van der Waals surface area (Å²) in [6.45, 7) is 5.18. The number of hydrogen-bond acceptors (Lipinski definition) is 4. The molecular formula is C13H18N2O4. The van der Waals surface area contributed by atoms with Gasteiger partial charge in [0.05, 0.1) is 11.5 Å². The number of nitrogens with zero attached hydrogens (tertiary/aromatic N) is 2. The first-order valence-corrected chi connectivity index (χ1v) is 6.06. The van der Waals surface area contributed by atoms with Gasteiger partial charge in [-0.15, -0.1) is 0 Å². The SMILES string of the molecule is Cc1cccc(C(=O)N(CCO)C(C)C)c1[N+](=O)[O-]. The van der Waals surface area contributed by atoms with E-state index in [-0.39, 0.29) is 30.4 Å². The first-order chi connectivity index (χ1) is 8.90. The summed E-state index contributed by atoms with van der Waals surface area (Å²) >= 11 is 0. The molecule has 0 bridgehead atoms. The average Bonchev–Trinajstić information content (AvgIpc) is 2.33. The van der Waals surface area contributed by atoms with Gasteiger partial charge in [0.15, 0.2) is 0 Å². The maximum Gasteiger partial charge on any atom is 0.285 e. The van der Waals surface area contributed by atoms with Crippen molar-refractivity contribution in [1.29, 1.82) is 0 Å². The molecule has 0 aromatic heterocycles. The van der Waals surface area contributed by atoms with Gasteiger partial charge in [0, 0.05) is 18.2 Å². The molecule has 0 spiro atoms. The van der Waals surface area contributed by atoms with Crippen LogP contribution >= 0.6 is 0 Å². The highest BCUT2D eigenvalue weighted by atomic mass is 16.6. The van der Waals surface area contributed by atoms with Crippen LogP contribution in [0.5, 0.6) is 0 Å². The number of nitro groups is 1. The van der Waals surface area contributed by atoms with E-state index in [9.17, 15) is 14.9 Å². The van der Waals surface area contributed by atoms with Crippen LogP contribution in [0.2, 0.25) is 0 Å². The lowest BCUT2D eigenvalue weighted by Crippen LogP contribution is -2.39. The number of carbonyl (C=O) groups excluding carboxylic acids is 1. The maximum absolute atomic E-state index is 12.4. The first kappa shape index (κ1) is 15.1. The van der Waals surface area contributed by atoms with Gasteiger partial charge in [-0.1, -0.05) is 12.1 Å². The Balaban J connectivity index is 3.25. The smallest absolute Gasteiger partial charge is 0.285 e. The third-order valence-corrected chi connectivity index (χ3v) is 2.88. The quantitative estimate of drug-likeness (QED) is 0.650. The number of hydrogen-bond donors (Lipinski definition) is 1. The Morgan fingerprint density at radius 1 is 1.47 bits per heavy atom. The molecule has 1 amide bonds. The Hall–Kier alpha value is -1.95. The second-order valence-electron chi connectivity index (χ2n) is 4.54. The van der Waals surface area contributed by atoms with Crippen molar-refractivity contribution in [2.45, 2.75) is 26.8 Å². The van der Waals surface area contributed by atoms with Crippen LogP contribution in [0.3, 0.4) is 0 Å². The summed E-state index contributed by atoms with van der Waals surface area (Å²) in [4.78, 5) is 24.3. The van der Waals surface area contributed by atoms with E-state index in [2.05, 4.69) is 0 Å². The van der Waals surface area contributed by atoms with Crippen LogP contribution in [0.25, 0.3) is 0 Å². The Kier molecular flexibility index (Phi) is 5.00. The van der Waals surface area contributed by atoms with E-state index >= 15 is 0 Å². The number of aliphatic hydroxyl groups excluding tert-OH is 1. The van der Waals surface area contributed by atoms with Crippen molar-refractivity contribution >= 4 is 11.6 Å². The minimum atomic E-state index is -0.542. The number of aryl methyl sites for hydroxylation is 1. The number of aliphatic hydroxyl groups is 1. The summed E-state index contributed by atoms with van der Waals surface area (Å²) in [5.41, 5.74) is 0.340. The van der Waals surface area contributed by atoms with Gasteiger partial charge in [-0.05, 0) is 26.8 Å². The molecule has 1 rings (SSSR count). The fourth-order valence-electron chi connectivity index (χ4n) is 1.93. The van der Waals surface area contributed by atoms with E-state index in [1.54, 1.807) is 32.9 Å². The Morgan fingerprint density at radius 3 is 2.58 bits per heavy atom. The molecule has 104 valence electrons. The summed E-state index contributed by atoms with van der Waals surface area (Å²) in [6.07, 6.45) is 0. The van der Waals surface area contributed by atoms with Crippen molar-refractivity contribution in [3.63, 3.8) is 0 Å². The molecule has 0 saturated heterocycles. The van der Waals surface area contributed by atoms with Crippen LogP contribution < -0.4 is 0 Å². The molecule has 19 heavy (non-hydrogen) atoms. The van der Waals surface area contributed by atoms with Crippen LogP contribution in [0, 0.1) is 17.0 Å². The summed E-state index contributed by atoms with van der Waals surface area (Å²) < 4.78 is 0. The van der Waals surface area contributed by atoms with Gasteiger partial charge in [-0.2, -0.15) is 0 Å². The number of nitro benzene ring substituents is 1. The molecule has 6 heteroatoms. The van der Waals surface area contributed by atoms with Crippen LogP contribution in [0.15, 0.2) is 18.2 Å². The van der Waals surface area contributed by atoms with Crippen LogP contribution in [0.4, 0.5) is 5.69 Å². The average molecular weight is 266 g/mol. The number of rotatable bonds is 5. The van der Waals surface area contributed by atoms with E-state index in [0.29, 0.717) is 5.56 Å².